The van der Waals surface area contributed by atoms with Crippen LogP contribution in [0, 0.1) is 6.57 Å². The first-order chi connectivity index (χ1) is 13.0. The fourth-order valence-electron chi connectivity index (χ4n) is 2.31. The smallest absolute Gasteiger partial charge is 0.343 e. The molecule has 0 heterocycles. The lowest BCUT2D eigenvalue weighted by Crippen LogP contribution is -2.36. The lowest BCUT2D eigenvalue weighted by atomic mass is 10.2. The number of hydrogen-bond donors (Lipinski definition) is 0. The SMILES string of the molecule is [C-]#[N+]c1ccc(OC(=O)c2ccc(OCCC[Si](C)(OC)OC)cc2)cc1. The predicted octanol–water partition coefficient (Wildman–Crippen LogP) is 4.59. The monoisotopic (exact) mass is 385 g/mol. The lowest BCUT2D eigenvalue weighted by Gasteiger charge is -2.22. The summed E-state index contributed by atoms with van der Waals surface area (Å²) in [5, 5.41) is 0. The molecule has 7 heteroatoms. The number of nitrogens with zero attached hydrogens (tertiary/aromatic N) is 1. The summed E-state index contributed by atoms with van der Waals surface area (Å²) in [4.78, 5) is 15.5. The highest BCUT2D eigenvalue weighted by Gasteiger charge is 2.27. The van der Waals surface area contributed by atoms with E-state index in [1.54, 1.807) is 62.8 Å². The van der Waals surface area contributed by atoms with E-state index in [9.17, 15) is 4.79 Å². The van der Waals surface area contributed by atoms with E-state index in [4.69, 9.17) is 24.9 Å². The maximum absolute atomic E-state index is 12.2. The molecule has 0 bridgehead atoms. The predicted molar refractivity (Wildman–Crippen MR) is 105 cm³/mol. The Bertz CT molecular complexity index is 780. The minimum absolute atomic E-state index is 0.399. The molecule has 0 radical (unpaired) electrons. The van der Waals surface area contributed by atoms with Gasteiger partial charge in [0.05, 0.1) is 18.7 Å². The van der Waals surface area contributed by atoms with Gasteiger partial charge in [0.15, 0.2) is 5.69 Å². The van der Waals surface area contributed by atoms with Gasteiger partial charge in [-0.05, 0) is 55.4 Å². The van der Waals surface area contributed by atoms with Crippen LogP contribution in [0.2, 0.25) is 12.6 Å². The number of hydrogen-bond acceptors (Lipinski definition) is 5. The van der Waals surface area contributed by atoms with Gasteiger partial charge in [-0.1, -0.05) is 12.1 Å². The van der Waals surface area contributed by atoms with Gasteiger partial charge in [0, 0.05) is 14.2 Å². The van der Waals surface area contributed by atoms with E-state index in [1.807, 2.05) is 6.55 Å². The number of benzene rings is 2. The van der Waals surface area contributed by atoms with Crippen molar-refractivity contribution in [2.24, 2.45) is 0 Å². The van der Waals surface area contributed by atoms with Gasteiger partial charge in [0.25, 0.3) is 0 Å². The molecular weight excluding hydrogens is 362 g/mol. The van der Waals surface area contributed by atoms with E-state index in [0.717, 1.165) is 12.5 Å². The summed E-state index contributed by atoms with van der Waals surface area (Å²) >= 11 is 0. The Kier molecular flexibility index (Phi) is 7.55. The molecule has 0 aliphatic carbocycles. The van der Waals surface area contributed by atoms with Crippen molar-refractivity contribution in [2.75, 3.05) is 20.8 Å². The molecule has 27 heavy (non-hydrogen) atoms. The Labute approximate surface area is 160 Å². The zero-order valence-electron chi connectivity index (χ0n) is 15.7. The minimum Gasteiger partial charge on any atom is -0.494 e. The van der Waals surface area contributed by atoms with E-state index in [0.29, 0.717) is 29.4 Å². The molecule has 0 amide bonds. The highest BCUT2D eigenvalue weighted by molar-refractivity contribution is 6.65. The second-order valence-corrected chi connectivity index (χ2v) is 9.60. The van der Waals surface area contributed by atoms with Gasteiger partial charge in [-0.15, -0.1) is 0 Å². The Balaban J connectivity index is 1.83. The minimum atomic E-state index is -2.06. The van der Waals surface area contributed by atoms with Crippen molar-refractivity contribution < 1.29 is 23.1 Å². The topological polar surface area (TPSA) is 58.4 Å². The third-order valence-corrected chi connectivity index (χ3v) is 7.16. The Morgan fingerprint density at radius 3 is 2.15 bits per heavy atom. The van der Waals surface area contributed by atoms with Crippen molar-refractivity contribution in [2.45, 2.75) is 19.0 Å². The van der Waals surface area contributed by atoms with Gasteiger partial charge < -0.3 is 18.3 Å². The quantitative estimate of drug-likeness (QED) is 0.208. The van der Waals surface area contributed by atoms with Crippen LogP contribution in [-0.4, -0.2) is 35.4 Å². The van der Waals surface area contributed by atoms with Crippen LogP contribution >= 0.6 is 0 Å². The summed E-state index contributed by atoms with van der Waals surface area (Å²) < 4.78 is 21.9. The zero-order chi connectivity index (χ0) is 19.7. The summed E-state index contributed by atoms with van der Waals surface area (Å²) in [7, 11) is 1.29. The number of carbonyl (C=O) groups is 1. The summed E-state index contributed by atoms with van der Waals surface area (Å²) in [5.74, 6) is 0.626. The van der Waals surface area contributed by atoms with Crippen LogP contribution in [0.25, 0.3) is 4.85 Å². The van der Waals surface area contributed by atoms with Gasteiger partial charge in [-0.3, -0.25) is 0 Å². The van der Waals surface area contributed by atoms with Crippen LogP contribution in [0.3, 0.4) is 0 Å². The molecule has 0 saturated heterocycles. The molecule has 2 rings (SSSR count). The molecule has 0 unspecified atom stereocenters. The van der Waals surface area contributed by atoms with Crippen molar-refractivity contribution in [3.63, 3.8) is 0 Å². The molecular formula is C20H23NO5Si. The van der Waals surface area contributed by atoms with Crippen molar-refractivity contribution in [1.82, 2.24) is 0 Å². The Morgan fingerprint density at radius 1 is 1.00 bits per heavy atom. The van der Waals surface area contributed by atoms with E-state index in [1.165, 1.54) is 0 Å². The lowest BCUT2D eigenvalue weighted by molar-refractivity contribution is 0.0734. The van der Waals surface area contributed by atoms with Crippen molar-refractivity contribution in [3.8, 4) is 11.5 Å². The summed E-state index contributed by atoms with van der Waals surface area (Å²) in [6.07, 6.45) is 0.828. The second-order valence-electron chi connectivity index (χ2n) is 6.01. The van der Waals surface area contributed by atoms with Crippen LogP contribution in [0.1, 0.15) is 16.8 Å². The van der Waals surface area contributed by atoms with Crippen LogP contribution in [-0.2, 0) is 8.85 Å². The molecule has 0 spiro atoms. The number of esters is 1. The summed E-state index contributed by atoms with van der Waals surface area (Å²) in [5.41, 5.74) is 0.922. The molecule has 2 aromatic rings. The van der Waals surface area contributed by atoms with Gasteiger partial charge >= 0.3 is 14.5 Å². The molecule has 0 saturated carbocycles. The molecule has 0 aromatic heterocycles. The highest BCUT2D eigenvalue weighted by atomic mass is 28.4. The van der Waals surface area contributed by atoms with Gasteiger partial charge in [-0.25, -0.2) is 9.64 Å². The third-order valence-electron chi connectivity index (χ3n) is 4.17. The van der Waals surface area contributed by atoms with Gasteiger partial charge in [-0.2, -0.15) is 0 Å². The van der Waals surface area contributed by atoms with Crippen molar-refractivity contribution >= 4 is 20.2 Å². The summed E-state index contributed by atoms with van der Waals surface area (Å²) in [6, 6.07) is 14.0. The van der Waals surface area contributed by atoms with E-state index in [-0.39, 0.29) is 0 Å². The van der Waals surface area contributed by atoms with E-state index >= 15 is 0 Å². The van der Waals surface area contributed by atoms with Crippen LogP contribution in [0.15, 0.2) is 48.5 Å². The fraction of sp³-hybridized carbons (Fsp3) is 0.300. The molecule has 6 nitrogen and oxygen atoms in total. The average molecular weight is 385 g/mol. The first kappa shape index (κ1) is 20.6. The van der Waals surface area contributed by atoms with Crippen LogP contribution in [0.4, 0.5) is 5.69 Å². The van der Waals surface area contributed by atoms with E-state index in [2.05, 4.69) is 4.85 Å². The fourth-order valence-corrected chi connectivity index (χ4v) is 3.67. The van der Waals surface area contributed by atoms with E-state index < -0.39 is 14.5 Å². The molecule has 2 aromatic carbocycles. The Hall–Kier alpha value is -2.66. The van der Waals surface area contributed by atoms with Crippen LogP contribution < -0.4 is 9.47 Å². The standard InChI is InChI=1S/C20H23NO5Si/c1-21-17-8-12-19(13-9-17)26-20(22)16-6-10-18(11-7-16)25-14-5-15-27(4,23-2)24-3/h6-13H,5,14-15H2,2-4H3. The van der Waals surface area contributed by atoms with Crippen LogP contribution in [0.5, 0.6) is 11.5 Å². The molecule has 0 atom stereocenters. The first-order valence-electron chi connectivity index (χ1n) is 8.52. The number of ether oxygens (including phenoxy) is 2. The molecule has 0 aliphatic heterocycles. The molecule has 142 valence electrons. The number of rotatable bonds is 9. The third kappa shape index (κ3) is 6.22. The maximum atomic E-state index is 12.2. The second kappa shape index (κ2) is 9.88. The highest BCUT2D eigenvalue weighted by Crippen LogP contribution is 2.20. The van der Waals surface area contributed by atoms with Gasteiger partial charge in [0.2, 0.25) is 0 Å². The maximum Gasteiger partial charge on any atom is 0.343 e. The zero-order valence-corrected chi connectivity index (χ0v) is 16.7. The molecule has 0 aliphatic rings. The normalized spacial score (nSPS) is 10.9. The Morgan fingerprint density at radius 2 is 1.59 bits per heavy atom. The summed E-state index contributed by atoms with van der Waals surface area (Å²) in [6.45, 7) is 9.48. The molecule has 0 fully saturated rings. The van der Waals surface area contributed by atoms with Crippen molar-refractivity contribution in [1.29, 1.82) is 0 Å². The van der Waals surface area contributed by atoms with Gasteiger partial charge in [0.1, 0.15) is 11.5 Å². The number of carbonyl (C=O) groups excluding carboxylic acids is 1. The average Bonchev–Trinajstić information content (AvgIpc) is 2.72. The first-order valence-corrected chi connectivity index (χ1v) is 11.0. The van der Waals surface area contributed by atoms with Crippen molar-refractivity contribution in [3.05, 3.63) is 65.5 Å². The largest absolute Gasteiger partial charge is 0.494 e. The molecule has 0 N–H and O–H groups in total.